The molecular weight excluding hydrogens is 381 g/mol. The van der Waals surface area contributed by atoms with E-state index in [1.807, 2.05) is 0 Å². The molecule has 25 heavy (non-hydrogen) atoms. The van der Waals surface area contributed by atoms with Crippen LogP contribution in [0.2, 0.25) is 78.6 Å². The number of allylic oxidation sites excluding steroid dienone is 2. The Hall–Kier alpha value is -0.316. The molecule has 2 aliphatic rings. The molecule has 0 radical (unpaired) electrons. The maximum atomic E-state index is 3.85. The van der Waals surface area contributed by atoms with Gasteiger partial charge in [-0.15, -0.1) is 11.1 Å². The van der Waals surface area contributed by atoms with Crippen molar-refractivity contribution in [2.24, 2.45) is 0 Å². The first-order chi connectivity index (χ1) is 10.9. The van der Waals surface area contributed by atoms with Crippen molar-refractivity contribution in [3.63, 3.8) is 0 Å². The van der Waals surface area contributed by atoms with Crippen molar-refractivity contribution in [3.8, 4) is 22.9 Å². The van der Waals surface area contributed by atoms with Gasteiger partial charge in [-0.25, -0.2) is 0 Å². The summed E-state index contributed by atoms with van der Waals surface area (Å²) in [6.45, 7) is 30.1. The highest BCUT2D eigenvalue weighted by Gasteiger charge is 2.50. The molecule has 0 saturated heterocycles. The average molecular weight is 417 g/mol. The van der Waals surface area contributed by atoms with Crippen LogP contribution in [-0.2, 0) is 0 Å². The van der Waals surface area contributed by atoms with E-state index < -0.39 is 39.4 Å². The lowest BCUT2D eigenvalue weighted by atomic mass is 10.1. The first-order valence-corrected chi connectivity index (χ1v) is 26.5. The van der Waals surface area contributed by atoms with Crippen LogP contribution in [0.3, 0.4) is 0 Å². The van der Waals surface area contributed by atoms with Gasteiger partial charge in [0.2, 0.25) is 0 Å². The average Bonchev–Trinajstić information content (AvgIpc) is 2.58. The van der Waals surface area contributed by atoms with Gasteiger partial charge in [0.05, 0.1) is 24.2 Å². The van der Waals surface area contributed by atoms with Crippen molar-refractivity contribution in [2.75, 3.05) is 0 Å². The SMILES string of the molecule is C[Si](C)(C)C1=C2C#C[Si](C)(C)[Si](C)(C)C#CC2=C([Si](C)(C)C)[Si]1(C)C. The normalized spacial score (nSPS) is 23.8. The Morgan fingerprint density at radius 2 is 0.840 bits per heavy atom. The van der Waals surface area contributed by atoms with Crippen LogP contribution in [0.5, 0.6) is 0 Å². The van der Waals surface area contributed by atoms with Crippen molar-refractivity contribution in [2.45, 2.75) is 78.6 Å². The Balaban J connectivity index is 2.97. The summed E-state index contributed by atoms with van der Waals surface area (Å²) in [4.78, 5) is 3.58. The molecule has 0 saturated carbocycles. The highest BCUT2D eigenvalue weighted by molar-refractivity contribution is 7.46. The molecule has 0 amide bonds. The van der Waals surface area contributed by atoms with Crippen LogP contribution in [-0.4, -0.2) is 39.4 Å². The lowest BCUT2D eigenvalue weighted by molar-refractivity contribution is 1.61. The van der Waals surface area contributed by atoms with Crippen LogP contribution >= 0.6 is 0 Å². The van der Waals surface area contributed by atoms with Gasteiger partial charge in [0.25, 0.3) is 0 Å². The standard InChI is InChI=1S/C20H36Si5/c1-21(2,3)19-17-13-15-23(7,8)24(9,10)16-14-18(17)20(22(4,5)6)25(19,11)12/h1-12H3. The number of rotatable bonds is 2. The van der Waals surface area contributed by atoms with Crippen LogP contribution in [0, 0.1) is 22.9 Å². The van der Waals surface area contributed by atoms with Gasteiger partial charge in [0, 0.05) is 11.1 Å². The number of hydrogen-bond donors (Lipinski definition) is 0. The minimum Gasteiger partial charge on any atom is -0.128 e. The van der Waals surface area contributed by atoms with Gasteiger partial charge in [-0.3, -0.25) is 0 Å². The molecule has 0 N–H and O–H groups in total. The lowest BCUT2D eigenvalue weighted by Gasteiger charge is -2.37. The number of hydrogen-bond acceptors (Lipinski definition) is 0. The van der Waals surface area contributed by atoms with Crippen LogP contribution in [0.25, 0.3) is 0 Å². The van der Waals surface area contributed by atoms with Crippen LogP contribution in [0.4, 0.5) is 0 Å². The molecule has 0 aliphatic carbocycles. The first kappa shape index (κ1) is 21.0. The molecule has 5 heteroatoms. The third kappa shape index (κ3) is 3.47. The van der Waals surface area contributed by atoms with Crippen molar-refractivity contribution in [1.29, 1.82) is 0 Å². The van der Waals surface area contributed by atoms with Crippen LogP contribution < -0.4 is 0 Å². The fourth-order valence-corrected chi connectivity index (χ4v) is 28.2. The molecule has 0 aromatic heterocycles. The van der Waals surface area contributed by atoms with Gasteiger partial charge in [-0.1, -0.05) is 100 Å². The van der Waals surface area contributed by atoms with Gasteiger partial charge in [0.1, 0.15) is 15.2 Å². The van der Waals surface area contributed by atoms with Crippen LogP contribution in [0.1, 0.15) is 0 Å². The molecule has 0 fully saturated rings. The first-order valence-electron chi connectivity index (χ1n) is 9.50. The molecule has 0 bridgehead atoms. The van der Waals surface area contributed by atoms with Crippen molar-refractivity contribution >= 4 is 39.4 Å². The Morgan fingerprint density at radius 3 is 1.08 bits per heavy atom. The Labute approximate surface area is 161 Å². The third-order valence-electron chi connectivity index (χ3n) is 6.06. The minimum atomic E-state index is -1.63. The van der Waals surface area contributed by atoms with E-state index in [0.717, 1.165) is 0 Å². The second-order valence-corrected chi connectivity index (χ2v) is 41.1. The van der Waals surface area contributed by atoms with Gasteiger partial charge in [-0.05, 0) is 0 Å². The summed E-state index contributed by atoms with van der Waals surface area (Å²) in [5, 5.41) is 0. The highest BCUT2D eigenvalue weighted by Crippen LogP contribution is 2.46. The Kier molecular flexibility index (Phi) is 4.90. The quantitative estimate of drug-likeness (QED) is 0.398. The van der Waals surface area contributed by atoms with Gasteiger partial charge >= 0.3 is 0 Å². The van der Waals surface area contributed by atoms with E-state index in [2.05, 4.69) is 101 Å². The van der Waals surface area contributed by atoms with E-state index in [0.29, 0.717) is 0 Å². The lowest BCUT2D eigenvalue weighted by Crippen LogP contribution is -2.53. The van der Waals surface area contributed by atoms with E-state index in [4.69, 9.17) is 0 Å². The maximum absolute atomic E-state index is 3.85. The van der Waals surface area contributed by atoms with E-state index >= 15 is 0 Å². The van der Waals surface area contributed by atoms with E-state index in [9.17, 15) is 0 Å². The number of fused-ring (bicyclic) bond motifs is 1. The zero-order valence-electron chi connectivity index (χ0n) is 18.5. The molecule has 2 heterocycles. The monoisotopic (exact) mass is 416 g/mol. The maximum Gasteiger partial charge on any atom is 0.138 e. The second-order valence-electron chi connectivity index (χ2n) is 11.4. The largest absolute Gasteiger partial charge is 0.138 e. The molecular formula is C20H36Si5. The van der Waals surface area contributed by atoms with Crippen molar-refractivity contribution in [3.05, 3.63) is 20.8 Å². The summed E-state index contributed by atoms with van der Waals surface area (Å²) in [6, 6.07) is 0. The van der Waals surface area contributed by atoms with Gasteiger partial charge in [-0.2, -0.15) is 0 Å². The fourth-order valence-electron chi connectivity index (χ4n) is 4.62. The smallest absolute Gasteiger partial charge is 0.128 e. The fraction of sp³-hybridized carbons (Fsp3) is 0.600. The molecule has 2 aliphatic heterocycles. The summed E-state index contributed by atoms with van der Waals surface area (Å²) in [6.07, 6.45) is 0. The molecule has 0 aromatic carbocycles. The van der Waals surface area contributed by atoms with Crippen LogP contribution in [0.15, 0.2) is 20.8 Å². The predicted octanol–water partition coefficient (Wildman–Crippen LogP) is 5.73. The summed E-state index contributed by atoms with van der Waals surface area (Å²) < 4.78 is 0. The Bertz CT molecular complexity index is 733. The summed E-state index contributed by atoms with van der Waals surface area (Å²) in [5.41, 5.74) is 10.5. The second kappa shape index (κ2) is 5.84. The molecule has 0 unspecified atom stereocenters. The molecule has 0 aromatic rings. The van der Waals surface area contributed by atoms with Crippen molar-refractivity contribution in [1.82, 2.24) is 0 Å². The predicted molar refractivity (Wildman–Crippen MR) is 129 cm³/mol. The van der Waals surface area contributed by atoms with Crippen molar-refractivity contribution < 1.29 is 0 Å². The molecule has 0 atom stereocenters. The zero-order valence-corrected chi connectivity index (χ0v) is 23.5. The van der Waals surface area contributed by atoms with Gasteiger partial charge in [0.15, 0.2) is 0 Å². The highest BCUT2D eigenvalue weighted by atomic mass is 29.3. The van der Waals surface area contributed by atoms with E-state index in [1.54, 1.807) is 9.64 Å². The third-order valence-corrected chi connectivity index (χ3v) is 35.6. The summed E-state index contributed by atoms with van der Waals surface area (Å²) >= 11 is 0. The Morgan fingerprint density at radius 1 is 0.560 bits per heavy atom. The molecule has 0 spiro atoms. The molecule has 2 rings (SSSR count). The minimum absolute atomic E-state index is 1.41. The van der Waals surface area contributed by atoms with Gasteiger partial charge < -0.3 is 0 Å². The molecule has 136 valence electrons. The van der Waals surface area contributed by atoms with E-state index in [1.165, 1.54) is 11.1 Å². The zero-order chi connectivity index (χ0) is 19.6. The summed E-state index contributed by atoms with van der Waals surface area (Å²) in [7, 11) is -7.64. The summed E-state index contributed by atoms with van der Waals surface area (Å²) in [5.74, 6) is 7.60. The molecule has 0 nitrogen and oxygen atoms in total. The van der Waals surface area contributed by atoms with E-state index in [-0.39, 0.29) is 0 Å². The topological polar surface area (TPSA) is 0 Å².